The summed E-state index contributed by atoms with van der Waals surface area (Å²) in [6.45, 7) is 0.813. The molecule has 0 bridgehead atoms. The van der Waals surface area contributed by atoms with Crippen LogP contribution >= 0.6 is 11.6 Å². The number of aromatic amines is 1. The fourth-order valence-corrected chi connectivity index (χ4v) is 2.81. The zero-order valence-corrected chi connectivity index (χ0v) is 15.3. The van der Waals surface area contributed by atoms with E-state index < -0.39 is 5.92 Å². The zero-order valence-electron chi connectivity index (χ0n) is 14.6. The van der Waals surface area contributed by atoms with Crippen molar-refractivity contribution in [2.45, 2.75) is 12.8 Å². The molecule has 0 aliphatic rings. The number of rotatable bonds is 5. The molecule has 0 aliphatic carbocycles. The highest BCUT2D eigenvalue weighted by Gasteiger charge is 2.25. The highest BCUT2D eigenvalue weighted by Crippen LogP contribution is 2.34. The Morgan fingerprint density at radius 1 is 1.11 bits per heavy atom. The minimum Gasteiger partial charge on any atom is -0.437 e. The van der Waals surface area contributed by atoms with Crippen molar-refractivity contribution in [3.8, 4) is 11.6 Å². The number of aromatic nitrogens is 4. The highest BCUT2D eigenvalue weighted by molar-refractivity contribution is 6.32. The average Bonchev–Trinajstić information content (AvgIpc) is 3.07. The third-order valence-corrected chi connectivity index (χ3v) is 4.27. The standard InChI is InChI=1S/C19H14ClF2N5O/c1-19(21,22)11-6-8-23-16(9-11)28-15-5-4-12(10-13(15)20)25-18-17-14(26-27-18)3-2-7-24-17/h2-10H,1H3,(H2,25,26,27). The van der Waals surface area contributed by atoms with E-state index in [0.717, 1.165) is 12.4 Å². The molecule has 6 nitrogen and oxygen atoms in total. The monoisotopic (exact) mass is 401 g/mol. The SMILES string of the molecule is CC(F)(F)c1ccnc(Oc2ccc(Nc3n[nH]c4cccnc34)cc2Cl)c1. The number of nitrogens with one attached hydrogen (secondary N) is 2. The number of fused-ring (bicyclic) bond motifs is 1. The minimum absolute atomic E-state index is 0.0316. The van der Waals surface area contributed by atoms with Crippen LogP contribution < -0.4 is 10.1 Å². The number of hydrogen-bond donors (Lipinski definition) is 2. The van der Waals surface area contributed by atoms with Crippen molar-refractivity contribution >= 4 is 34.1 Å². The quantitative estimate of drug-likeness (QED) is 0.451. The predicted molar refractivity (Wildman–Crippen MR) is 103 cm³/mol. The number of H-pyrrole nitrogens is 1. The molecule has 0 aliphatic heterocycles. The van der Waals surface area contributed by atoms with E-state index >= 15 is 0 Å². The number of ether oxygens (including phenoxy) is 1. The van der Waals surface area contributed by atoms with Crippen LogP contribution in [0, 0.1) is 0 Å². The van der Waals surface area contributed by atoms with Crippen molar-refractivity contribution in [1.29, 1.82) is 0 Å². The molecular formula is C19H14ClF2N5O. The van der Waals surface area contributed by atoms with Crippen molar-refractivity contribution in [1.82, 2.24) is 20.2 Å². The molecule has 4 aromatic rings. The second-order valence-electron chi connectivity index (χ2n) is 6.12. The first-order valence-electron chi connectivity index (χ1n) is 8.28. The lowest BCUT2D eigenvalue weighted by molar-refractivity contribution is 0.0172. The molecule has 2 N–H and O–H groups in total. The van der Waals surface area contributed by atoms with E-state index in [1.165, 1.54) is 18.3 Å². The van der Waals surface area contributed by atoms with Crippen LogP contribution in [0.5, 0.6) is 11.6 Å². The molecule has 3 heterocycles. The van der Waals surface area contributed by atoms with Crippen molar-refractivity contribution in [3.63, 3.8) is 0 Å². The zero-order chi connectivity index (χ0) is 19.7. The summed E-state index contributed by atoms with van der Waals surface area (Å²) in [6.07, 6.45) is 2.94. The third-order valence-electron chi connectivity index (χ3n) is 3.97. The van der Waals surface area contributed by atoms with Crippen LogP contribution in [0.3, 0.4) is 0 Å². The molecule has 0 unspecified atom stereocenters. The first-order chi connectivity index (χ1) is 13.4. The molecule has 0 radical (unpaired) electrons. The summed E-state index contributed by atoms with van der Waals surface area (Å²) in [5.74, 6) is -2.11. The molecule has 142 valence electrons. The van der Waals surface area contributed by atoms with Crippen molar-refractivity contribution < 1.29 is 13.5 Å². The number of halogens is 3. The van der Waals surface area contributed by atoms with Gasteiger partial charge in [0.05, 0.1) is 10.5 Å². The molecule has 0 atom stereocenters. The van der Waals surface area contributed by atoms with Gasteiger partial charge in [-0.05, 0) is 36.4 Å². The summed E-state index contributed by atoms with van der Waals surface area (Å²) in [6, 6.07) is 11.1. The van der Waals surface area contributed by atoms with E-state index in [1.807, 2.05) is 12.1 Å². The summed E-state index contributed by atoms with van der Waals surface area (Å²) in [4.78, 5) is 8.23. The summed E-state index contributed by atoms with van der Waals surface area (Å²) in [5.41, 5.74) is 1.97. The van der Waals surface area contributed by atoms with Gasteiger partial charge in [-0.3, -0.25) is 10.1 Å². The van der Waals surface area contributed by atoms with Gasteiger partial charge in [-0.25, -0.2) is 13.8 Å². The molecular weight excluding hydrogens is 388 g/mol. The average molecular weight is 402 g/mol. The first kappa shape index (κ1) is 18.1. The first-order valence-corrected chi connectivity index (χ1v) is 8.66. The molecule has 1 aromatic carbocycles. The van der Waals surface area contributed by atoms with Gasteiger partial charge in [0.2, 0.25) is 5.88 Å². The molecule has 0 amide bonds. The lowest BCUT2D eigenvalue weighted by atomic mass is 10.1. The van der Waals surface area contributed by atoms with Gasteiger partial charge in [0.1, 0.15) is 11.3 Å². The Kier molecular flexibility index (Phi) is 4.56. The molecule has 28 heavy (non-hydrogen) atoms. The molecule has 9 heteroatoms. The van der Waals surface area contributed by atoms with Crippen LogP contribution in [0.2, 0.25) is 5.02 Å². The fourth-order valence-electron chi connectivity index (χ4n) is 2.59. The van der Waals surface area contributed by atoms with Gasteiger partial charge in [0.25, 0.3) is 5.92 Å². The number of hydrogen-bond acceptors (Lipinski definition) is 5. The minimum atomic E-state index is -2.99. The van der Waals surface area contributed by atoms with Crippen LogP contribution in [0.25, 0.3) is 11.0 Å². The summed E-state index contributed by atoms with van der Waals surface area (Å²) in [7, 11) is 0. The number of pyridine rings is 2. The van der Waals surface area contributed by atoms with E-state index in [0.29, 0.717) is 22.8 Å². The van der Waals surface area contributed by atoms with Crippen molar-refractivity contribution in [3.05, 3.63) is 65.4 Å². The fraction of sp³-hybridized carbons (Fsp3) is 0.105. The second-order valence-corrected chi connectivity index (χ2v) is 6.52. The maximum absolute atomic E-state index is 13.5. The lowest BCUT2D eigenvalue weighted by Crippen LogP contribution is -2.07. The predicted octanol–water partition coefficient (Wildman–Crippen LogP) is 5.65. The lowest BCUT2D eigenvalue weighted by Gasteiger charge is -2.13. The smallest absolute Gasteiger partial charge is 0.270 e. The van der Waals surface area contributed by atoms with Gasteiger partial charge in [-0.2, -0.15) is 5.10 Å². The van der Waals surface area contributed by atoms with Gasteiger partial charge in [-0.1, -0.05) is 11.6 Å². The highest BCUT2D eigenvalue weighted by atomic mass is 35.5. The molecule has 0 saturated carbocycles. The third kappa shape index (κ3) is 3.72. The summed E-state index contributed by atoms with van der Waals surface area (Å²) in [5, 5.41) is 10.5. The van der Waals surface area contributed by atoms with Crippen LogP contribution in [0.1, 0.15) is 12.5 Å². The molecule has 0 saturated heterocycles. The van der Waals surface area contributed by atoms with Crippen LogP contribution in [0.15, 0.2) is 54.9 Å². The summed E-state index contributed by atoms with van der Waals surface area (Å²) >= 11 is 6.28. The summed E-state index contributed by atoms with van der Waals surface area (Å²) < 4.78 is 32.5. The van der Waals surface area contributed by atoms with Gasteiger partial charge < -0.3 is 10.1 Å². The van der Waals surface area contributed by atoms with Gasteiger partial charge in [-0.15, -0.1) is 0 Å². The Hall–Kier alpha value is -3.26. The Morgan fingerprint density at radius 3 is 2.75 bits per heavy atom. The Labute approximate surface area is 163 Å². The van der Waals surface area contributed by atoms with Gasteiger partial charge in [0, 0.05) is 36.6 Å². The largest absolute Gasteiger partial charge is 0.437 e. The number of nitrogens with zero attached hydrogens (tertiary/aromatic N) is 3. The van der Waals surface area contributed by atoms with Crippen LogP contribution in [0.4, 0.5) is 20.3 Å². The van der Waals surface area contributed by atoms with E-state index in [1.54, 1.807) is 24.4 Å². The number of anilines is 2. The van der Waals surface area contributed by atoms with Gasteiger partial charge in [0.15, 0.2) is 5.82 Å². The Morgan fingerprint density at radius 2 is 1.96 bits per heavy atom. The normalized spacial score (nSPS) is 11.6. The Balaban J connectivity index is 1.55. The van der Waals surface area contributed by atoms with E-state index in [4.69, 9.17) is 16.3 Å². The number of benzene rings is 1. The Bertz CT molecular complexity index is 1140. The molecule has 4 rings (SSSR count). The maximum atomic E-state index is 13.5. The number of alkyl halides is 2. The molecule has 0 spiro atoms. The molecule has 3 aromatic heterocycles. The second kappa shape index (κ2) is 7.05. The van der Waals surface area contributed by atoms with Gasteiger partial charge >= 0.3 is 0 Å². The van der Waals surface area contributed by atoms with Crippen molar-refractivity contribution in [2.75, 3.05) is 5.32 Å². The van der Waals surface area contributed by atoms with Crippen LogP contribution in [-0.2, 0) is 5.92 Å². The van der Waals surface area contributed by atoms with Crippen molar-refractivity contribution in [2.24, 2.45) is 0 Å². The van der Waals surface area contributed by atoms with E-state index in [9.17, 15) is 8.78 Å². The van der Waals surface area contributed by atoms with Crippen LogP contribution in [-0.4, -0.2) is 20.2 Å². The maximum Gasteiger partial charge on any atom is 0.270 e. The molecule has 0 fully saturated rings. The van der Waals surface area contributed by atoms with E-state index in [-0.39, 0.29) is 16.5 Å². The van der Waals surface area contributed by atoms with E-state index in [2.05, 4.69) is 25.5 Å². The topological polar surface area (TPSA) is 75.7 Å².